The summed E-state index contributed by atoms with van der Waals surface area (Å²) in [5.74, 6) is 1.30. The van der Waals surface area contributed by atoms with E-state index in [1.165, 1.54) is 11.8 Å². The van der Waals surface area contributed by atoms with E-state index in [2.05, 4.69) is 42.8 Å². The van der Waals surface area contributed by atoms with Crippen molar-refractivity contribution >= 4 is 34.3 Å². The lowest BCUT2D eigenvalue weighted by Gasteiger charge is -2.30. The number of benzene rings is 2. The average molecular weight is 498 g/mol. The first kappa shape index (κ1) is 24.4. The zero-order valence-electron chi connectivity index (χ0n) is 19.7. The maximum Gasteiger partial charge on any atom is 0.262 e. The highest BCUT2D eigenvalue weighted by molar-refractivity contribution is 7.98. The van der Waals surface area contributed by atoms with Crippen molar-refractivity contribution in [1.82, 2.24) is 24.6 Å². The molecule has 0 spiro atoms. The standard InChI is InChI=1S/C25H28ClN5O2S/c1-16(2)30(17(3)4)13-14-31-24(32)20-7-5-6-8-21(20)27-25(31)34-15-22-28-29-23(33-22)18-9-11-19(26)12-10-18/h5-12,16-17H,13-15H2,1-4H3. The van der Waals surface area contributed by atoms with Crippen LogP contribution >= 0.6 is 23.4 Å². The molecular formula is C25H28ClN5O2S. The second-order valence-corrected chi connectivity index (χ2v) is 9.97. The molecule has 0 fully saturated rings. The van der Waals surface area contributed by atoms with Crippen LogP contribution in [0.5, 0.6) is 0 Å². The van der Waals surface area contributed by atoms with Crippen LogP contribution in [0.15, 0.2) is 62.9 Å². The number of fused-ring (bicyclic) bond motifs is 1. The Morgan fingerprint density at radius 2 is 1.74 bits per heavy atom. The molecule has 0 unspecified atom stereocenters. The molecule has 2 aromatic heterocycles. The first-order valence-corrected chi connectivity index (χ1v) is 12.7. The number of halogens is 1. The summed E-state index contributed by atoms with van der Waals surface area (Å²) >= 11 is 7.39. The van der Waals surface area contributed by atoms with E-state index in [0.717, 1.165) is 12.1 Å². The molecule has 34 heavy (non-hydrogen) atoms. The van der Waals surface area contributed by atoms with Crippen LogP contribution in [0.3, 0.4) is 0 Å². The van der Waals surface area contributed by atoms with Crippen LogP contribution in [0, 0.1) is 0 Å². The van der Waals surface area contributed by atoms with E-state index in [1.807, 2.05) is 36.4 Å². The number of rotatable bonds is 9. The van der Waals surface area contributed by atoms with Crippen LogP contribution in [0.4, 0.5) is 0 Å². The third kappa shape index (κ3) is 5.51. The summed E-state index contributed by atoms with van der Waals surface area (Å²) in [5.41, 5.74) is 1.45. The smallest absolute Gasteiger partial charge is 0.262 e. The molecular weight excluding hydrogens is 470 g/mol. The van der Waals surface area contributed by atoms with Gasteiger partial charge >= 0.3 is 0 Å². The first-order valence-electron chi connectivity index (χ1n) is 11.3. The highest BCUT2D eigenvalue weighted by atomic mass is 35.5. The largest absolute Gasteiger partial charge is 0.420 e. The third-order valence-corrected chi connectivity index (χ3v) is 6.83. The number of thioether (sulfide) groups is 1. The predicted octanol–water partition coefficient (Wildman–Crippen LogP) is 5.51. The predicted molar refractivity (Wildman–Crippen MR) is 137 cm³/mol. The maximum absolute atomic E-state index is 13.4. The summed E-state index contributed by atoms with van der Waals surface area (Å²) in [7, 11) is 0. The van der Waals surface area contributed by atoms with Crippen LogP contribution in [-0.4, -0.2) is 43.3 Å². The molecule has 0 aliphatic rings. The van der Waals surface area contributed by atoms with Gasteiger partial charge in [0.25, 0.3) is 5.56 Å². The lowest BCUT2D eigenvalue weighted by atomic mass is 10.2. The van der Waals surface area contributed by atoms with E-state index >= 15 is 0 Å². The van der Waals surface area contributed by atoms with E-state index < -0.39 is 0 Å². The van der Waals surface area contributed by atoms with Gasteiger partial charge in [-0.2, -0.15) is 0 Å². The number of aromatic nitrogens is 4. The van der Waals surface area contributed by atoms with Gasteiger partial charge in [-0.1, -0.05) is 35.5 Å². The second-order valence-electron chi connectivity index (χ2n) is 8.59. The quantitative estimate of drug-likeness (QED) is 0.223. The van der Waals surface area contributed by atoms with Crippen molar-refractivity contribution in [3.8, 4) is 11.5 Å². The fraction of sp³-hybridized carbons (Fsp3) is 0.360. The van der Waals surface area contributed by atoms with Crippen molar-refractivity contribution in [1.29, 1.82) is 0 Å². The fourth-order valence-electron chi connectivity index (χ4n) is 3.93. The summed E-state index contributed by atoms with van der Waals surface area (Å²) in [4.78, 5) is 20.5. The van der Waals surface area contributed by atoms with E-state index in [0.29, 0.717) is 57.2 Å². The second kappa shape index (κ2) is 10.7. The van der Waals surface area contributed by atoms with Gasteiger partial charge in [0, 0.05) is 35.8 Å². The Morgan fingerprint density at radius 3 is 2.44 bits per heavy atom. The minimum Gasteiger partial charge on any atom is -0.420 e. The number of hydrogen-bond acceptors (Lipinski definition) is 7. The van der Waals surface area contributed by atoms with Crippen molar-refractivity contribution in [3.63, 3.8) is 0 Å². The molecule has 7 nitrogen and oxygen atoms in total. The minimum absolute atomic E-state index is 0.0343. The van der Waals surface area contributed by atoms with E-state index in [4.69, 9.17) is 21.0 Å². The van der Waals surface area contributed by atoms with E-state index in [9.17, 15) is 4.79 Å². The summed E-state index contributed by atoms with van der Waals surface area (Å²) in [5, 5.41) is 10.2. The molecule has 0 N–H and O–H groups in total. The monoisotopic (exact) mass is 497 g/mol. The number of nitrogens with zero attached hydrogens (tertiary/aromatic N) is 5. The Bertz CT molecular complexity index is 1310. The Kier molecular flexibility index (Phi) is 7.70. The Morgan fingerprint density at radius 1 is 1.03 bits per heavy atom. The van der Waals surface area contributed by atoms with Gasteiger partial charge in [0.2, 0.25) is 11.8 Å². The minimum atomic E-state index is -0.0343. The Balaban J connectivity index is 1.59. The zero-order valence-corrected chi connectivity index (χ0v) is 21.3. The first-order chi connectivity index (χ1) is 16.3. The van der Waals surface area contributed by atoms with Gasteiger partial charge in [-0.05, 0) is 64.1 Å². The molecule has 178 valence electrons. The van der Waals surface area contributed by atoms with Crippen LogP contribution in [0.25, 0.3) is 22.4 Å². The van der Waals surface area contributed by atoms with Crippen molar-refractivity contribution in [2.75, 3.05) is 6.54 Å². The summed E-state index contributed by atoms with van der Waals surface area (Å²) < 4.78 is 7.61. The molecule has 0 aliphatic heterocycles. The maximum atomic E-state index is 13.4. The normalized spacial score (nSPS) is 11.9. The molecule has 0 atom stereocenters. The highest BCUT2D eigenvalue weighted by Gasteiger charge is 2.18. The van der Waals surface area contributed by atoms with E-state index in [1.54, 1.807) is 16.7 Å². The van der Waals surface area contributed by atoms with Crippen molar-refractivity contribution in [3.05, 3.63) is 69.8 Å². The lowest BCUT2D eigenvalue weighted by Crippen LogP contribution is -2.40. The van der Waals surface area contributed by atoms with Gasteiger partial charge in [0.15, 0.2) is 5.16 Å². The number of para-hydroxylation sites is 1. The zero-order chi connectivity index (χ0) is 24.2. The Hall–Kier alpha value is -2.68. The highest BCUT2D eigenvalue weighted by Crippen LogP contribution is 2.25. The molecule has 0 bridgehead atoms. The van der Waals surface area contributed by atoms with Gasteiger partial charge in [-0.3, -0.25) is 14.3 Å². The lowest BCUT2D eigenvalue weighted by molar-refractivity contribution is 0.166. The molecule has 4 rings (SSSR count). The van der Waals surface area contributed by atoms with E-state index in [-0.39, 0.29) is 5.56 Å². The molecule has 0 saturated carbocycles. The van der Waals surface area contributed by atoms with Crippen LogP contribution in [0.1, 0.15) is 33.6 Å². The summed E-state index contributed by atoms with van der Waals surface area (Å²) in [6.07, 6.45) is 0. The van der Waals surface area contributed by atoms with Gasteiger partial charge in [0.05, 0.1) is 16.7 Å². The molecule has 0 aliphatic carbocycles. The number of hydrogen-bond donors (Lipinski definition) is 0. The van der Waals surface area contributed by atoms with Crippen molar-refractivity contribution in [2.24, 2.45) is 0 Å². The molecule has 2 aromatic carbocycles. The molecule has 0 amide bonds. The van der Waals surface area contributed by atoms with Crippen molar-refractivity contribution < 1.29 is 4.42 Å². The molecule has 0 radical (unpaired) electrons. The van der Waals surface area contributed by atoms with Gasteiger partial charge < -0.3 is 4.42 Å². The fourth-order valence-corrected chi connectivity index (χ4v) is 4.92. The van der Waals surface area contributed by atoms with Crippen LogP contribution < -0.4 is 5.56 Å². The molecule has 0 saturated heterocycles. The summed E-state index contributed by atoms with van der Waals surface area (Å²) in [6.45, 7) is 9.99. The van der Waals surface area contributed by atoms with Crippen LogP contribution in [-0.2, 0) is 12.3 Å². The molecule has 9 heteroatoms. The summed E-state index contributed by atoms with van der Waals surface area (Å²) in [6, 6.07) is 15.5. The third-order valence-electron chi connectivity index (χ3n) is 5.62. The van der Waals surface area contributed by atoms with Gasteiger partial charge in [-0.15, -0.1) is 10.2 Å². The molecule has 4 aromatic rings. The molecule has 2 heterocycles. The SMILES string of the molecule is CC(C)N(CCn1c(SCc2nnc(-c3ccc(Cl)cc3)o2)nc2ccccc2c1=O)C(C)C. The van der Waals surface area contributed by atoms with Crippen molar-refractivity contribution in [2.45, 2.75) is 57.2 Å². The topological polar surface area (TPSA) is 77.1 Å². The van der Waals surface area contributed by atoms with Gasteiger partial charge in [0.1, 0.15) is 0 Å². The average Bonchev–Trinajstić information content (AvgIpc) is 3.28. The van der Waals surface area contributed by atoms with Gasteiger partial charge in [-0.25, -0.2) is 4.98 Å². The Labute approximate surface area is 208 Å². The van der Waals surface area contributed by atoms with Crippen LogP contribution in [0.2, 0.25) is 5.02 Å².